The van der Waals surface area contributed by atoms with Gasteiger partial charge < -0.3 is 10.1 Å². The molecule has 0 saturated heterocycles. The number of ether oxygens (including phenoxy) is 1. The highest BCUT2D eigenvalue weighted by molar-refractivity contribution is 5.98. The topological polar surface area (TPSA) is 102 Å². The summed E-state index contributed by atoms with van der Waals surface area (Å²) in [5, 5.41) is 4.87. The van der Waals surface area contributed by atoms with Crippen molar-refractivity contribution in [2.75, 3.05) is 6.61 Å². The van der Waals surface area contributed by atoms with E-state index in [1.807, 2.05) is 18.2 Å². The summed E-state index contributed by atoms with van der Waals surface area (Å²) in [6.45, 7) is 9.16. The molecule has 2 aromatic rings. The van der Waals surface area contributed by atoms with Gasteiger partial charge in [-0.15, -0.1) is 0 Å². The zero-order valence-corrected chi connectivity index (χ0v) is 19.8. The average Bonchev–Trinajstić information content (AvgIpc) is 2.75. The number of carbonyl (C=O) groups excluding carboxylic acids is 4. The Morgan fingerprint density at radius 2 is 1.48 bits per heavy atom. The Labute approximate surface area is 194 Å². The fourth-order valence-corrected chi connectivity index (χ4v) is 3.09. The lowest BCUT2D eigenvalue weighted by Crippen LogP contribution is -2.46. The van der Waals surface area contributed by atoms with Gasteiger partial charge in [-0.3, -0.25) is 19.7 Å². The number of amides is 3. The van der Waals surface area contributed by atoms with Crippen molar-refractivity contribution in [3.8, 4) is 0 Å². The van der Waals surface area contributed by atoms with Crippen LogP contribution in [0.2, 0.25) is 0 Å². The molecule has 0 aliphatic carbocycles. The van der Waals surface area contributed by atoms with Gasteiger partial charge in [-0.2, -0.15) is 0 Å². The van der Waals surface area contributed by atoms with Gasteiger partial charge in [-0.1, -0.05) is 77.1 Å². The highest BCUT2D eigenvalue weighted by Gasteiger charge is 2.27. The standard InChI is InChI=1S/C26H32N2O5/c1-17(2)23(28-24(31)19-11-13-20(14-12-19)26(3,4)5)25(32)33-16-22(30)27-21(29)15-18-9-7-6-8-10-18/h6-14,17,23H,15-16H2,1-5H3,(H,28,31)(H,27,29,30)/t23-/m1/s1. The van der Waals surface area contributed by atoms with Crippen LogP contribution in [0.15, 0.2) is 54.6 Å². The van der Waals surface area contributed by atoms with Gasteiger partial charge in [0.25, 0.3) is 11.8 Å². The van der Waals surface area contributed by atoms with Gasteiger partial charge >= 0.3 is 5.97 Å². The van der Waals surface area contributed by atoms with E-state index in [0.29, 0.717) is 5.56 Å². The van der Waals surface area contributed by atoms with Crippen molar-refractivity contribution in [1.82, 2.24) is 10.6 Å². The predicted molar refractivity (Wildman–Crippen MR) is 125 cm³/mol. The third-order valence-corrected chi connectivity index (χ3v) is 5.05. The summed E-state index contributed by atoms with van der Waals surface area (Å²) >= 11 is 0. The number of imide groups is 1. The molecular weight excluding hydrogens is 420 g/mol. The summed E-state index contributed by atoms with van der Waals surface area (Å²) < 4.78 is 5.06. The van der Waals surface area contributed by atoms with Crippen LogP contribution in [0.1, 0.15) is 56.1 Å². The van der Waals surface area contributed by atoms with E-state index in [0.717, 1.165) is 11.1 Å². The number of benzene rings is 2. The first-order valence-corrected chi connectivity index (χ1v) is 10.9. The molecule has 0 bridgehead atoms. The minimum atomic E-state index is -0.937. The number of esters is 1. The molecule has 7 nitrogen and oxygen atoms in total. The average molecular weight is 453 g/mol. The number of hydrogen-bond acceptors (Lipinski definition) is 5. The van der Waals surface area contributed by atoms with Gasteiger partial charge in [-0.05, 0) is 34.6 Å². The van der Waals surface area contributed by atoms with Crippen molar-refractivity contribution in [1.29, 1.82) is 0 Å². The largest absolute Gasteiger partial charge is 0.454 e. The second kappa shape index (κ2) is 11.4. The maximum Gasteiger partial charge on any atom is 0.329 e. The van der Waals surface area contributed by atoms with Gasteiger partial charge in [0.1, 0.15) is 6.04 Å². The lowest BCUT2D eigenvalue weighted by molar-refractivity contribution is -0.152. The molecule has 0 fully saturated rings. The first kappa shape index (κ1) is 25.8. The van der Waals surface area contributed by atoms with Crippen LogP contribution in [0.5, 0.6) is 0 Å². The van der Waals surface area contributed by atoms with Crippen LogP contribution >= 0.6 is 0 Å². The van der Waals surface area contributed by atoms with E-state index < -0.39 is 36.3 Å². The highest BCUT2D eigenvalue weighted by Crippen LogP contribution is 2.22. The Morgan fingerprint density at radius 1 is 0.879 bits per heavy atom. The molecule has 0 heterocycles. The lowest BCUT2D eigenvalue weighted by Gasteiger charge is -2.22. The first-order chi connectivity index (χ1) is 15.5. The molecule has 0 aliphatic heterocycles. The molecule has 0 aromatic heterocycles. The molecular formula is C26H32N2O5. The van der Waals surface area contributed by atoms with Crippen molar-refractivity contribution in [2.24, 2.45) is 5.92 Å². The van der Waals surface area contributed by atoms with Crippen LogP contribution in [0, 0.1) is 5.92 Å². The number of hydrogen-bond donors (Lipinski definition) is 2. The molecule has 176 valence electrons. The summed E-state index contributed by atoms with van der Waals surface area (Å²) in [5.74, 6) is -2.63. The van der Waals surface area contributed by atoms with Crippen LogP contribution < -0.4 is 10.6 Å². The molecule has 33 heavy (non-hydrogen) atoms. The van der Waals surface area contributed by atoms with Crippen LogP contribution in [0.4, 0.5) is 0 Å². The highest BCUT2D eigenvalue weighted by atomic mass is 16.5. The minimum Gasteiger partial charge on any atom is -0.454 e. The van der Waals surface area contributed by atoms with Gasteiger partial charge in [0, 0.05) is 5.56 Å². The Bertz CT molecular complexity index is 976. The van der Waals surface area contributed by atoms with E-state index in [9.17, 15) is 19.2 Å². The molecule has 0 unspecified atom stereocenters. The molecule has 0 saturated carbocycles. The van der Waals surface area contributed by atoms with Crippen molar-refractivity contribution >= 4 is 23.7 Å². The number of carbonyl (C=O) groups is 4. The Hall–Kier alpha value is -3.48. The molecule has 7 heteroatoms. The van der Waals surface area contributed by atoms with Crippen LogP contribution in [-0.2, 0) is 31.0 Å². The Kier molecular flexibility index (Phi) is 8.91. The Morgan fingerprint density at radius 3 is 2.03 bits per heavy atom. The van der Waals surface area contributed by atoms with Gasteiger partial charge in [0.2, 0.25) is 5.91 Å². The molecule has 2 rings (SSSR count). The van der Waals surface area contributed by atoms with Crippen LogP contribution in [-0.4, -0.2) is 36.3 Å². The van der Waals surface area contributed by atoms with E-state index in [2.05, 4.69) is 31.4 Å². The molecule has 1 atom stereocenters. The SMILES string of the molecule is CC(C)[C@@H](NC(=O)c1ccc(C(C)(C)C)cc1)C(=O)OCC(=O)NC(=O)Cc1ccccc1. The van der Waals surface area contributed by atoms with Gasteiger partial charge in [0.15, 0.2) is 6.61 Å². The lowest BCUT2D eigenvalue weighted by atomic mass is 9.86. The zero-order valence-electron chi connectivity index (χ0n) is 19.8. The fourth-order valence-electron chi connectivity index (χ4n) is 3.09. The second-order valence-corrected chi connectivity index (χ2v) is 9.26. The van der Waals surface area contributed by atoms with Crippen molar-refractivity contribution in [3.05, 3.63) is 71.3 Å². The third kappa shape index (κ3) is 8.18. The molecule has 0 radical (unpaired) electrons. The minimum absolute atomic E-state index is 0.0394. The smallest absolute Gasteiger partial charge is 0.329 e. The summed E-state index contributed by atoms with van der Waals surface area (Å²) in [7, 11) is 0. The quantitative estimate of drug-likeness (QED) is 0.599. The third-order valence-electron chi connectivity index (χ3n) is 5.05. The molecule has 2 aromatic carbocycles. The maximum atomic E-state index is 12.6. The van der Waals surface area contributed by atoms with E-state index in [1.165, 1.54) is 0 Å². The van der Waals surface area contributed by atoms with Gasteiger partial charge in [0.05, 0.1) is 6.42 Å². The monoisotopic (exact) mass is 452 g/mol. The molecule has 0 aliphatic rings. The van der Waals surface area contributed by atoms with Crippen molar-refractivity contribution < 1.29 is 23.9 Å². The summed E-state index contributed by atoms with van der Waals surface area (Å²) in [6, 6.07) is 15.2. The van der Waals surface area contributed by atoms with Crippen molar-refractivity contribution in [2.45, 2.75) is 52.5 Å². The van der Waals surface area contributed by atoms with Gasteiger partial charge in [-0.25, -0.2) is 4.79 Å². The summed E-state index contributed by atoms with van der Waals surface area (Å²) in [4.78, 5) is 49.1. The first-order valence-electron chi connectivity index (χ1n) is 10.9. The van der Waals surface area contributed by atoms with E-state index in [-0.39, 0.29) is 17.8 Å². The zero-order chi connectivity index (χ0) is 24.6. The van der Waals surface area contributed by atoms with E-state index in [4.69, 9.17) is 4.74 Å². The van der Waals surface area contributed by atoms with Crippen LogP contribution in [0.25, 0.3) is 0 Å². The Balaban J connectivity index is 1.89. The molecule has 2 N–H and O–H groups in total. The number of rotatable bonds is 8. The van der Waals surface area contributed by atoms with Crippen molar-refractivity contribution in [3.63, 3.8) is 0 Å². The summed E-state index contributed by atoms with van der Waals surface area (Å²) in [5.41, 5.74) is 2.23. The molecule has 0 spiro atoms. The second-order valence-electron chi connectivity index (χ2n) is 9.26. The normalized spacial score (nSPS) is 12.1. The summed E-state index contributed by atoms with van der Waals surface area (Å²) in [6.07, 6.45) is 0.0409. The maximum absolute atomic E-state index is 12.6. The predicted octanol–water partition coefficient (Wildman–Crippen LogP) is 3.17. The number of nitrogens with one attached hydrogen (secondary N) is 2. The fraction of sp³-hybridized carbons (Fsp3) is 0.385. The molecule has 3 amide bonds. The van der Waals surface area contributed by atoms with E-state index >= 15 is 0 Å². The van der Waals surface area contributed by atoms with E-state index in [1.54, 1.807) is 50.2 Å². The van der Waals surface area contributed by atoms with Crippen LogP contribution in [0.3, 0.4) is 0 Å².